The van der Waals surface area contributed by atoms with Crippen molar-refractivity contribution in [1.82, 2.24) is 4.72 Å². The maximum Gasteiger partial charge on any atom is 0.298 e. The molecule has 10 N–H and O–H groups in total. The van der Waals surface area contributed by atoms with Crippen molar-refractivity contribution >= 4 is 31.7 Å². The Morgan fingerprint density at radius 2 is 1.02 bits per heavy atom. The molecule has 4 aromatic carbocycles. The lowest BCUT2D eigenvalue weighted by molar-refractivity contribution is 0.102. The molecular formula is C34H42N4O11S2. The highest BCUT2D eigenvalue weighted by molar-refractivity contribution is 7.89. The van der Waals surface area contributed by atoms with E-state index in [-0.39, 0.29) is 51.9 Å². The molecule has 0 aliphatic heterocycles. The van der Waals surface area contributed by atoms with Crippen LogP contribution >= 0.6 is 0 Å². The van der Waals surface area contributed by atoms with E-state index in [1.165, 1.54) is 14.2 Å². The molecule has 0 heterocycles. The summed E-state index contributed by atoms with van der Waals surface area (Å²) in [5, 5.41) is 20.1. The van der Waals surface area contributed by atoms with Gasteiger partial charge < -0.3 is 36.9 Å². The van der Waals surface area contributed by atoms with Crippen LogP contribution in [0.3, 0.4) is 0 Å². The fourth-order valence-corrected chi connectivity index (χ4v) is 6.07. The van der Waals surface area contributed by atoms with Gasteiger partial charge in [0.1, 0.15) is 32.8 Å². The summed E-state index contributed by atoms with van der Waals surface area (Å²) in [6, 6.07) is 17.4. The molecule has 17 heteroatoms. The molecule has 0 aliphatic carbocycles. The largest absolute Gasteiger partial charge is 0.507 e. The van der Waals surface area contributed by atoms with E-state index in [0.717, 1.165) is 35.4 Å². The van der Waals surface area contributed by atoms with E-state index in [4.69, 9.17) is 26.7 Å². The van der Waals surface area contributed by atoms with E-state index in [2.05, 4.69) is 4.72 Å². The third kappa shape index (κ3) is 11.6. The molecule has 4 rings (SSSR count). The van der Waals surface area contributed by atoms with Crippen LogP contribution in [0.5, 0.6) is 23.0 Å². The number of rotatable bonds is 12. The number of nitrogens with one attached hydrogen (secondary N) is 1. The molecule has 15 nitrogen and oxygen atoms in total. The van der Waals surface area contributed by atoms with E-state index in [1.807, 2.05) is 13.8 Å². The number of methoxy groups -OCH3 is 2. The van der Waals surface area contributed by atoms with Crippen molar-refractivity contribution in [2.75, 3.05) is 40.4 Å². The molecule has 0 fully saturated rings. The minimum Gasteiger partial charge on any atom is -0.507 e. The summed E-state index contributed by atoms with van der Waals surface area (Å²) in [6.45, 7) is 5.09. The molecule has 0 amide bonds. The molecular weight excluding hydrogens is 705 g/mol. The van der Waals surface area contributed by atoms with E-state index in [9.17, 15) is 41.2 Å². The van der Waals surface area contributed by atoms with Gasteiger partial charge in [-0.2, -0.15) is 8.42 Å². The number of ether oxygens (including phenoxy) is 2. The molecule has 0 saturated carbocycles. The quantitative estimate of drug-likeness (QED) is 0.0810. The molecule has 0 atom stereocenters. The number of benzene rings is 4. The van der Waals surface area contributed by atoms with Gasteiger partial charge in [-0.05, 0) is 26.0 Å². The van der Waals surface area contributed by atoms with Gasteiger partial charge in [-0.1, -0.05) is 59.7 Å². The van der Waals surface area contributed by atoms with Crippen molar-refractivity contribution in [1.29, 1.82) is 0 Å². The van der Waals surface area contributed by atoms with E-state index < -0.39 is 42.4 Å². The highest BCUT2D eigenvalue weighted by atomic mass is 32.2. The van der Waals surface area contributed by atoms with Crippen molar-refractivity contribution in [2.45, 2.75) is 23.6 Å². The number of aromatic hydroxyl groups is 2. The Labute approximate surface area is 296 Å². The number of carbonyl (C=O) groups excluding carboxylic acids is 2. The van der Waals surface area contributed by atoms with Crippen LogP contribution in [-0.4, -0.2) is 83.6 Å². The van der Waals surface area contributed by atoms with Crippen LogP contribution in [-0.2, 0) is 20.1 Å². The summed E-state index contributed by atoms with van der Waals surface area (Å²) in [7, 11) is -6.08. The van der Waals surface area contributed by atoms with Gasteiger partial charge in [-0.15, -0.1) is 0 Å². The van der Waals surface area contributed by atoms with Gasteiger partial charge in [-0.3, -0.25) is 14.1 Å². The van der Waals surface area contributed by atoms with Crippen LogP contribution < -0.4 is 31.4 Å². The Balaban J connectivity index is 0.000000322. The smallest absolute Gasteiger partial charge is 0.298 e. The number of nitrogens with two attached hydrogens (primary N) is 3. The summed E-state index contributed by atoms with van der Waals surface area (Å²) in [5.74, 6) is -2.17. The monoisotopic (exact) mass is 746 g/mol. The van der Waals surface area contributed by atoms with Crippen molar-refractivity contribution < 1.29 is 50.7 Å². The second kappa shape index (κ2) is 18.9. The van der Waals surface area contributed by atoms with Gasteiger partial charge in [0.15, 0.2) is 11.6 Å². The van der Waals surface area contributed by atoms with Crippen LogP contribution in [0.15, 0.2) is 82.6 Å². The average Bonchev–Trinajstić information content (AvgIpc) is 3.10. The first-order chi connectivity index (χ1) is 23.9. The third-order valence-corrected chi connectivity index (χ3v) is 9.21. The number of phenolic OH excluding ortho intramolecular Hbond substituents is 2. The zero-order valence-electron chi connectivity index (χ0n) is 28.4. The van der Waals surface area contributed by atoms with E-state index in [0.29, 0.717) is 18.7 Å². The standard InChI is InChI=1S/C17H20N2O5S.C15H14O6S.C2H8N2/c1-11-3-5-12(6-4-11)17(21)13-9-16(15(24-2)10-14(13)20)25(22,23)19-8-7-18;1-9-3-5-10(6-4-9)15(17)11-7-14(22(18,19)20)13(21-2)8-12(11)16;3-1-2-4/h3-6,9-10,19-20H,7-8,18H2,1-2H3;3-8,16H,1-2H3,(H,18,19,20);1-4H2. The van der Waals surface area contributed by atoms with Gasteiger partial charge in [0.2, 0.25) is 10.0 Å². The van der Waals surface area contributed by atoms with Crippen molar-refractivity contribution in [2.24, 2.45) is 17.2 Å². The lowest BCUT2D eigenvalue weighted by atomic mass is 10.0. The summed E-state index contributed by atoms with van der Waals surface area (Å²) in [4.78, 5) is 24.2. The number of aryl methyl sites for hydroxylation is 2. The zero-order chi connectivity index (χ0) is 38.5. The molecule has 0 radical (unpaired) electrons. The molecule has 0 unspecified atom stereocenters. The van der Waals surface area contributed by atoms with Gasteiger partial charge in [-0.25, -0.2) is 13.1 Å². The number of phenols is 2. The van der Waals surface area contributed by atoms with Gasteiger partial charge in [0.25, 0.3) is 10.1 Å². The van der Waals surface area contributed by atoms with Crippen molar-refractivity contribution in [3.63, 3.8) is 0 Å². The SMILES string of the molecule is COc1cc(O)c(C(=O)c2ccc(C)cc2)cc1S(=O)(=O)NCCN.COc1cc(O)c(C(=O)c2ccc(C)cc2)cc1S(=O)(=O)O.NCCN. The van der Waals surface area contributed by atoms with Gasteiger partial charge in [0, 0.05) is 49.4 Å². The highest BCUT2D eigenvalue weighted by Crippen LogP contribution is 2.34. The lowest BCUT2D eigenvalue weighted by Gasteiger charge is -2.13. The van der Waals surface area contributed by atoms with Crippen LogP contribution in [0.4, 0.5) is 0 Å². The van der Waals surface area contributed by atoms with Crippen LogP contribution in [0.25, 0.3) is 0 Å². The van der Waals surface area contributed by atoms with E-state index >= 15 is 0 Å². The van der Waals surface area contributed by atoms with Gasteiger partial charge >= 0.3 is 0 Å². The van der Waals surface area contributed by atoms with Gasteiger partial charge in [0.05, 0.1) is 25.3 Å². The normalized spacial score (nSPS) is 11.0. The third-order valence-electron chi connectivity index (χ3n) is 6.85. The fourth-order valence-electron chi connectivity index (χ4n) is 4.18. The van der Waals surface area contributed by atoms with Crippen LogP contribution in [0.2, 0.25) is 0 Å². The number of carbonyl (C=O) groups is 2. The summed E-state index contributed by atoms with van der Waals surface area (Å²) < 4.78 is 68.9. The Kier molecular flexibility index (Phi) is 15.7. The molecule has 0 aliphatic rings. The number of hydrogen-bond donors (Lipinski definition) is 7. The van der Waals surface area contributed by atoms with Crippen LogP contribution in [0, 0.1) is 13.8 Å². The fraction of sp³-hybridized carbons (Fsp3) is 0.235. The Bertz CT molecular complexity index is 2030. The predicted molar refractivity (Wildman–Crippen MR) is 191 cm³/mol. The second-order valence-corrected chi connectivity index (χ2v) is 13.8. The second-order valence-electron chi connectivity index (χ2n) is 10.7. The molecule has 0 saturated heterocycles. The average molecular weight is 747 g/mol. The molecule has 0 spiro atoms. The summed E-state index contributed by atoms with van der Waals surface area (Å²) in [5.41, 5.74) is 17.3. The molecule has 0 aromatic heterocycles. The maximum absolute atomic E-state index is 12.6. The first-order valence-corrected chi connectivity index (χ1v) is 18.0. The first kappa shape index (κ1) is 42.3. The number of ketones is 2. The molecule has 276 valence electrons. The van der Waals surface area contributed by atoms with Crippen molar-refractivity contribution in [3.8, 4) is 23.0 Å². The lowest BCUT2D eigenvalue weighted by Crippen LogP contribution is -2.29. The number of sulfonamides is 1. The maximum atomic E-state index is 12.6. The molecule has 0 bridgehead atoms. The number of hydrogen-bond acceptors (Lipinski definition) is 13. The Morgan fingerprint density at radius 3 is 1.35 bits per heavy atom. The predicted octanol–water partition coefficient (Wildman–Crippen LogP) is 2.27. The Morgan fingerprint density at radius 1 is 0.647 bits per heavy atom. The minimum absolute atomic E-state index is 0.0353. The Hall–Kier alpha value is -4.88. The highest BCUT2D eigenvalue weighted by Gasteiger charge is 2.25. The molecule has 51 heavy (non-hydrogen) atoms. The van der Waals surface area contributed by atoms with E-state index in [1.54, 1.807) is 48.5 Å². The topological polar surface area (TPSA) is 272 Å². The zero-order valence-corrected chi connectivity index (χ0v) is 30.0. The van der Waals surface area contributed by atoms with Crippen molar-refractivity contribution in [3.05, 3.63) is 106 Å². The minimum atomic E-state index is -4.60. The first-order valence-electron chi connectivity index (χ1n) is 15.1. The van der Waals surface area contributed by atoms with Crippen LogP contribution in [0.1, 0.15) is 43.0 Å². The molecule has 4 aromatic rings. The summed E-state index contributed by atoms with van der Waals surface area (Å²) >= 11 is 0. The summed E-state index contributed by atoms with van der Waals surface area (Å²) in [6.07, 6.45) is 0.